The van der Waals surface area contributed by atoms with Crippen molar-refractivity contribution in [3.8, 4) is 11.6 Å². The molecule has 1 aromatic carbocycles. The Morgan fingerprint density at radius 1 is 1.16 bits per heavy atom. The Kier molecular flexibility index (Phi) is 6.93. The van der Waals surface area contributed by atoms with E-state index in [4.69, 9.17) is 9.15 Å². The fourth-order valence-corrected chi connectivity index (χ4v) is 4.17. The molecule has 0 radical (unpaired) electrons. The van der Waals surface area contributed by atoms with Gasteiger partial charge in [-0.2, -0.15) is 0 Å². The number of thioether (sulfide) groups is 1. The third-order valence-corrected chi connectivity index (χ3v) is 5.83. The number of hydrogen-bond acceptors (Lipinski definition) is 7. The number of aromatic nitrogens is 3. The number of amides is 1. The van der Waals surface area contributed by atoms with E-state index in [1.165, 1.54) is 11.8 Å². The topological polar surface area (TPSA) is 85.4 Å². The van der Waals surface area contributed by atoms with Gasteiger partial charge in [0, 0.05) is 31.0 Å². The molecule has 1 saturated heterocycles. The molecule has 1 N–H and O–H groups in total. The maximum atomic E-state index is 12.5. The van der Waals surface area contributed by atoms with Gasteiger partial charge in [-0.1, -0.05) is 25.6 Å². The van der Waals surface area contributed by atoms with Crippen LogP contribution in [0.1, 0.15) is 13.8 Å². The summed E-state index contributed by atoms with van der Waals surface area (Å²) >= 11 is 1.37. The molecule has 1 fully saturated rings. The Bertz CT molecular complexity index is 979. The van der Waals surface area contributed by atoms with Crippen LogP contribution in [0, 0.1) is 5.92 Å². The van der Waals surface area contributed by atoms with Crippen molar-refractivity contribution >= 4 is 29.0 Å². The minimum atomic E-state index is -0.0808. The molecule has 0 aliphatic carbocycles. The summed E-state index contributed by atoms with van der Waals surface area (Å²) in [6, 6.07) is 11.6. The molecule has 4 rings (SSSR count). The largest absolute Gasteiger partial charge is 0.461 e. The van der Waals surface area contributed by atoms with E-state index < -0.39 is 0 Å². The predicted molar refractivity (Wildman–Crippen MR) is 121 cm³/mol. The van der Waals surface area contributed by atoms with E-state index >= 15 is 0 Å². The van der Waals surface area contributed by atoms with E-state index in [0.29, 0.717) is 22.7 Å². The van der Waals surface area contributed by atoms with Gasteiger partial charge in [0.1, 0.15) is 0 Å². The summed E-state index contributed by atoms with van der Waals surface area (Å²) in [4.78, 5) is 14.8. The van der Waals surface area contributed by atoms with E-state index in [2.05, 4.69) is 34.3 Å². The van der Waals surface area contributed by atoms with Crippen molar-refractivity contribution in [3.05, 3.63) is 42.7 Å². The third-order valence-electron chi connectivity index (χ3n) is 4.87. The standard InChI is InChI=1S/C22H27N5O3S/c1-16(2)14-27-21(19-4-3-11-30-19)24-25-22(27)31-15-20(28)23-17-5-7-18(8-6-17)26-9-12-29-13-10-26/h3-8,11,16H,9-10,12-15H2,1-2H3,(H,23,28). The second-order valence-corrected chi connectivity index (χ2v) is 8.71. The summed E-state index contributed by atoms with van der Waals surface area (Å²) in [7, 11) is 0. The normalized spacial score (nSPS) is 14.2. The first-order valence-corrected chi connectivity index (χ1v) is 11.4. The molecule has 1 aliphatic heterocycles. The average molecular weight is 442 g/mol. The van der Waals surface area contributed by atoms with Crippen LogP contribution in [0.25, 0.3) is 11.6 Å². The molecule has 0 bridgehead atoms. The zero-order chi connectivity index (χ0) is 21.6. The van der Waals surface area contributed by atoms with Crippen molar-refractivity contribution in [2.45, 2.75) is 25.5 Å². The molecule has 0 saturated carbocycles. The molecular formula is C22H27N5O3S. The quantitative estimate of drug-likeness (QED) is 0.533. The van der Waals surface area contributed by atoms with Gasteiger partial charge in [-0.05, 0) is 42.3 Å². The number of furan rings is 1. The highest BCUT2D eigenvalue weighted by Crippen LogP contribution is 2.26. The van der Waals surface area contributed by atoms with Crippen molar-refractivity contribution in [1.29, 1.82) is 0 Å². The van der Waals surface area contributed by atoms with Crippen LogP contribution in [0.5, 0.6) is 0 Å². The molecule has 0 spiro atoms. The van der Waals surface area contributed by atoms with Crippen molar-refractivity contribution < 1.29 is 13.9 Å². The zero-order valence-corrected chi connectivity index (χ0v) is 18.6. The molecule has 0 atom stereocenters. The van der Waals surface area contributed by atoms with Gasteiger partial charge < -0.3 is 19.4 Å². The number of anilines is 2. The number of nitrogens with zero attached hydrogens (tertiary/aromatic N) is 4. The average Bonchev–Trinajstić information content (AvgIpc) is 3.43. The van der Waals surface area contributed by atoms with Crippen molar-refractivity contribution in [3.63, 3.8) is 0 Å². The van der Waals surface area contributed by atoms with E-state index in [9.17, 15) is 4.79 Å². The first kappa shape index (κ1) is 21.5. The van der Waals surface area contributed by atoms with Gasteiger partial charge in [-0.15, -0.1) is 10.2 Å². The summed E-state index contributed by atoms with van der Waals surface area (Å²) in [5.41, 5.74) is 1.92. The highest BCUT2D eigenvalue weighted by Gasteiger charge is 2.18. The van der Waals surface area contributed by atoms with Crippen LogP contribution in [0.15, 0.2) is 52.2 Å². The van der Waals surface area contributed by atoms with Crippen molar-refractivity contribution in [2.75, 3.05) is 42.3 Å². The van der Waals surface area contributed by atoms with Gasteiger partial charge in [0.25, 0.3) is 0 Å². The molecule has 3 heterocycles. The molecule has 2 aromatic heterocycles. The first-order valence-electron chi connectivity index (χ1n) is 10.4. The SMILES string of the molecule is CC(C)Cn1c(SCC(=O)Nc2ccc(N3CCOCC3)cc2)nnc1-c1ccco1. The van der Waals surface area contributed by atoms with Gasteiger partial charge in [0.15, 0.2) is 16.7 Å². The maximum absolute atomic E-state index is 12.5. The number of carbonyl (C=O) groups excluding carboxylic acids is 1. The lowest BCUT2D eigenvalue weighted by Gasteiger charge is -2.28. The van der Waals surface area contributed by atoms with E-state index in [1.54, 1.807) is 6.26 Å². The van der Waals surface area contributed by atoms with Gasteiger partial charge in [0.05, 0.1) is 25.2 Å². The van der Waals surface area contributed by atoms with Crippen LogP contribution in [0.3, 0.4) is 0 Å². The van der Waals surface area contributed by atoms with Gasteiger partial charge in [-0.25, -0.2) is 0 Å². The zero-order valence-electron chi connectivity index (χ0n) is 17.8. The fourth-order valence-electron chi connectivity index (χ4n) is 3.42. The van der Waals surface area contributed by atoms with Gasteiger partial charge in [-0.3, -0.25) is 9.36 Å². The summed E-state index contributed by atoms with van der Waals surface area (Å²) in [5.74, 6) is 1.93. The molecule has 1 amide bonds. The van der Waals surface area contributed by atoms with Crippen LogP contribution in [-0.4, -0.2) is 52.7 Å². The van der Waals surface area contributed by atoms with E-state index in [1.807, 2.05) is 41.0 Å². The number of benzene rings is 1. The molecule has 8 nitrogen and oxygen atoms in total. The minimum absolute atomic E-state index is 0.0808. The van der Waals surface area contributed by atoms with Gasteiger partial charge >= 0.3 is 0 Å². The Hall–Kier alpha value is -2.78. The highest BCUT2D eigenvalue weighted by atomic mass is 32.2. The fraction of sp³-hybridized carbons (Fsp3) is 0.409. The number of morpholine rings is 1. The summed E-state index contributed by atoms with van der Waals surface area (Å²) in [6.45, 7) is 8.29. The van der Waals surface area contributed by atoms with Crippen molar-refractivity contribution in [1.82, 2.24) is 14.8 Å². The maximum Gasteiger partial charge on any atom is 0.234 e. The summed E-state index contributed by atoms with van der Waals surface area (Å²) < 4.78 is 12.9. The second kappa shape index (κ2) is 10.0. The Labute approximate surface area is 186 Å². The summed E-state index contributed by atoms with van der Waals surface area (Å²) in [5, 5.41) is 12.2. The molecule has 164 valence electrons. The lowest BCUT2D eigenvalue weighted by molar-refractivity contribution is -0.113. The van der Waals surface area contributed by atoms with E-state index in [0.717, 1.165) is 44.2 Å². The van der Waals surface area contributed by atoms with Crippen LogP contribution in [-0.2, 0) is 16.1 Å². The Morgan fingerprint density at radius 2 is 1.94 bits per heavy atom. The molecular weight excluding hydrogens is 414 g/mol. The number of hydrogen-bond donors (Lipinski definition) is 1. The third kappa shape index (κ3) is 5.48. The van der Waals surface area contributed by atoms with Crippen LogP contribution in [0.4, 0.5) is 11.4 Å². The van der Waals surface area contributed by atoms with Crippen molar-refractivity contribution in [2.24, 2.45) is 5.92 Å². The summed E-state index contributed by atoms with van der Waals surface area (Å²) in [6.07, 6.45) is 1.62. The van der Waals surface area contributed by atoms with E-state index in [-0.39, 0.29) is 11.7 Å². The predicted octanol–water partition coefficient (Wildman–Crippen LogP) is 3.76. The lowest BCUT2D eigenvalue weighted by Crippen LogP contribution is -2.36. The molecule has 1 aliphatic rings. The van der Waals surface area contributed by atoms with Crippen LogP contribution >= 0.6 is 11.8 Å². The molecule has 9 heteroatoms. The number of nitrogens with one attached hydrogen (secondary N) is 1. The monoisotopic (exact) mass is 441 g/mol. The smallest absolute Gasteiger partial charge is 0.234 e. The molecule has 31 heavy (non-hydrogen) atoms. The Morgan fingerprint density at radius 3 is 2.61 bits per heavy atom. The number of ether oxygens (including phenoxy) is 1. The molecule has 0 unspecified atom stereocenters. The highest BCUT2D eigenvalue weighted by molar-refractivity contribution is 7.99. The van der Waals surface area contributed by atoms with Crippen LogP contribution in [0.2, 0.25) is 0 Å². The minimum Gasteiger partial charge on any atom is -0.461 e. The second-order valence-electron chi connectivity index (χ2n) is 7.77. The van der Waals surface area contributed by atoms with Crippen LogP contribution < -0.4 is 10.2 Å². The Balaban J connectivity index is 1.36. The van der Waals surface area contributed by atoms with Gasteiger partial charge in [0.2, 0.25) is 5.91 Å². The molecule has 3 aromatic rings. The lowest BCUT2D eigenvalue weighted by atomic mass is 10.2. The first-order chi connectivity index (χ1) is 15.1. The number of rotatable bonds is 8. The number of carbonyl (C=O) groups is 1.